The van der Waals surface area contributed by atoms with Gasteiger partial charge in [0.25, 0.3) is 11.8 Å². The molecule has 2 heterocycles. The molecule has 4 rings (SSSR count). The van der Waals surface area contributed by atoms with Gasteiger partial charge in [-0.3, -0.25) is 18.7 Å². The minimum atomic E-state index is -3.79. The van der Waals surface area contributed by atoms with E-state index in [4.69, 9.17) is 0 Å². The van der Waals surface area contributed by atoms with E-state index in [1.165, 1.54) is 95.1 Å². The average Bonchev–Trinajstić information content (AvgIpc) is 3.47. The van der Waals surface area contributed by atoms with Gasteiger partial charge >= 0.3 is 0 Å². The van der Waals surface area contributed by atoms with Crippen LogP contribution >= 0.6 is 0 Å². The van der Waals surface area contributed by atoms with Crippen molar-refractivity contribution in [1.29, 1.82) is 0 Å². The summed E-state index contributed by atoms with van der Waals surface area (Å²) in [6.45, 7) is 0. The van der Waals surface area contributed by atoms with Gasteiger partial charge in [-0.2, -0.15) is 0 Å². The molecule has 0 bridgehead atoms. The van der Waals surface area contributed by atoms with E-state index in [9.17, 15) is 18.0 Å². The first-order chi connectivity index (χ1) is 14.0. The molecular formula is C20H14N4O4S. The van der Waals surface area contributed by atoms with Gasteiger partial charge in [0.1, 0.15) is 12.7 Å². The molecule has 0 aliphatic rings. The zero-order valence-corrected chi connectivity index (χ0v) is 15.7. The molecule has 29 heavy (non-hydrogen) atoms. The summed E-state index contributed by atoms with van der Waals surface area (Å²) in [4.78, 5) is 32.3. The summed E-state index contributed by atoms with van der Waals surface area (Å²) in [6, 6.07) is 11.3. The molecule has 0 radical (unpaired) electrons. The van der Waals surface area contributed by atoms with E-state index in [2.05, 4.69) is 9.97 Å². The summed E-state index contributed by atoms with van der Waals surface area (Å²) >= 11 is 0. The van der Waals surface area contributed by atoms with Crippen LogP contribution in [0.2, 0.25) is 0 Å². The minimum absolute atomic E-state index is 0.0494. The number of nitrogens with zero attached hydrogens (tertiary/aromatic N) is 4. The fourth-order valence-electron chi connectivity index (χ4n) is 2.75. The first-order valence-electron chi connectivity index (χ1n) is 8.47. The van der Waals surface area contributed by atoms with E-state index in [-0.39, 0.29) is 21.6 Å². The third kappa shape index (κ3) is 3.50. The third-order valence-corrected chi connectivity index (χ3v) is 6.09. The Balaban J connectivity index is 1.58. The van der Waals surface area contributed by atoms with Crippen molar-refractivity contribution in [2.24, 2.45) is 0 Å². The number of imidazole rings is 2. The smallest absolute Gasteiger partial charge is 0.263 e. The lowest BCUT2D eigenvalue weighted by atomic mass is 10.2. The lowest BCUT2D eigenvalue weighted by molar-refractivity contribution is 0.0951. The number of hydrogen-bond donors (Lipinski definition) is 0. The predicted molar refractivity (Wildman–Crippen MR) is 102 cm³/mol. The number of rotatable bonds is 4. The second-order valence-corrected chi connectivity index (χ2v) is 8.05. The fraction of sp³-hybridized carbons (Fsp3) is 0. The van der Waals surface area contributed by atoms with Gasteiger partial charge in [0, 0.05) is 35.9 Å². The Morgan fingerprint density at radius 1 is 0.655 bits per heavy atom. The summed E-state index contributed by atoms with van der Waals surface area (Å²) in [7, 11) is -3.79. The van der Waals surface area contributed by atoms with Gasteiger partial charge in [0.15, 0.2) is 0 Å². The van der Waals surface area contributed by atoms with Crippen LogP contribution in [0, 0.1) is 0 Å². The quantitative estimate of drug-likeness (QED) is 0.515. The Bertz CT molecular complexity index is 1160. The van der Waals surface area contributed by atoms with Gasteiger partial charge < -0.3 is 0 Å². The number of aromatic nitrogens is 4. The molecule has 0 aliphatic heterocycles. The van der Waals surface area contributed by atoms with Gasteiger partial charge in [-0.05, 0) is 48.5 Å². The number of carbonyl (C=O) groups is 2. The highest BCUT2D eigenvalue weighted by molar-refractivity contribution is 7.91. The van der Waals surface area contributed by atoms with E-state index in [1.807, 2.05) is 0 Å². The largest absolute Gasteiger partial charge is 0.272 e. The molecule has 0 atom stereocenters. The first kappa shape index (κ1) is 18.5. The van der Waals surface area contributed by atoms with Crippen LogP contribution in [0.3, 0.4) is 0 Å². The molecule has 4 aromatic rings. The maximum absolute atomic E-state index is 12.9. The Labute approximate surface area is 166 Å². The standard InChI is InChI=1S/C20H14N4O4S/c25-19(23-11-9-21-13-23)15-1-5-17(6-2-15)29(27,28)18-7-3-16(4-8-18)20(26)24-12-10-22-14-24/h1-14H. The normalized spacial score (nSPS) is 11.3. The highest BCUT2D eigenvalue weighted by Gasteiger charge is 2.19. The zero-order valence-electron chi connectivity index (χ0n) is 14.9. The molecule has 0 aliphatic carbocycles. The van der Waals surface area contributed by atoms with Crippen molar-refractivity contribution in [3.63, 3.8) is 0 Å². The molecule has 0 N–H and O–H groups in total. The molecule has 0 amide bonds. The van der Waals surface area contributed by atoms with Gasteiger partial charge in [-0.25, -0.2) is 18.4 Å². The van der Waals surface area contributed by atoms with Gasteiger partial charge in [0.2, 0.25) is 9.84 Å². The van der Waals surface area contributed by atoms with Crippen LogP contribution in [-0.4, -0.2) is 39.3 Å². The highest BCUT2D eigenvalue weighted by atomic mass is 32.2. The molecule has 2 aromatic carbocycles. The zero-order chi connectivity index (χ0) is 20.4. The van der Waals surface area contributed by atoms with E-state index >= 15 is 0 Å². The lowest BCUT2D eigenvalue weighted by Gasteiger charge is -2.07. The van der Waals surface area contributed by atoms with Gasteiger partial charge in [-0.15, -0.1) is 0 Å². The van der Waals surface area contributed by atoms with Crippen LogP contribution < -0.4 is 0 Å². The molecule has 0 unspecified atom stereocenters. The Kier molecular flexibility index (Phi) is 4.65. The second kappa shape index (κ2) is 7.28. The molecule has 0 saturated heterocycles. The van der Waals surface area contributed by atoms with Crippen LogP contribution in [0.5, 0.6) is 0 Å². The van der Waals surface area contributed by atoms with Crippen LogP contribution in [0.15, 0.2) is 95.8 Å². The molecule has 2 aromatic heterocycles. The molecule has 8 nitrogen and oxygen atoms in total. The maximum Gasteiger partial charge on any atom is 0.263 e. The molecule has 0 saturated carbocycles. The summed E-state index contributed by atoms with van der Waals surface area (Å²) in [5.74, 6) is -0.623. The van der Waals surface area contributed by atoms with Crippen LogP contribution in [-0.2, 0) is 9.84 Å². The minimum Gasteiger partial charge on any atom is -0.272 e. The predicted octanol–water partition coefficient (Wildman–Crippen LogP) is 2.29. The first-order valence-corrected chi connectivity index (χ1v) is 9.96. The van der Waals surface area contributed by atoms with Crippen molar-refractivity contribution in [2.75, 3.05) is 0 Å². The van der Waals surface area contributed by atoms with Crippen molar-refractivity contribution < 1.29 is 18.0 Å². The van der Waals surface area contributed by atoms with E-state index in [1.54, 1.807) is 0 Å². The van der Waals surface area contributed by atoms with Crippen molar-refractivity contribution >= 4 is 21.7 Å². The van der Waals surface area contributed by atoms with E-state index in [0.717, 1.165) is 0 Å². The molecule has 0 spiro atoms. The van der Waals surface area contributed by atoms with Crippen molar-refractivity contribution in [3.8, 4) is 0 Å². The van der Waals surface area contributed by atoms with Gasteiger partial charge in [0.05, 0.1) is 9.79 Å². The summed E-state index contributed by atoms with van der Waals surface area (Å²) in [5, 5.41) is 0. The van der Waals surface area contributed by atoms with Gasteiger partial charge in [-0.1, -0.05) is 0 Å². The maximum atomic E-state index is 12.9. The summed E-state index contributed by atoms with van der Waals surface area (Å²) in [5.41, 5.74) is 0.673. The summed E-state index contributed by atoms with van der Waals surface area (Å²) < 4.78 is 28.3. The molecule has 0 fully saturated rings. The average molecular weight is 406 g/mol. The molecular weight excluding hydrogens is 392 g/mol. The van der Waals surface area contributed by atoms with Crippen LogP contribution in [0.4, 0.5) is 0 Å². The number of hydrogen-bond acceptors (Lipinski definition) is 6. The number of carbonyl (C=O) groups excluding carboxylic acids is 2. The van der Waals surface area contributed by atoms with Crippen LogP contribution in [0.25, 0.3) is 0 Å². The van der Waals surface area contributed by atoms with E-state index in [0.29, 0.717) is 11.1 Å². The van der Waals surface area contributed by atoms with Crippen molar-refractivity contribution in [1.82, 2.24) is 19.1 Å². The number of sulfone groups is 1. The van der Waals surface area contributed by atoms with E-state index < -0.39 is 9.84 Å². The van der Waals surface area contributed by atoms with Crippen molar-refractivity contribution in [3.05, 3.63) is 97.1 Å². The highest BCUT2D eigenvalue weighted by Crippen LogP contribution is 2.22. The Hall–Kier alpha value is -3.85. The Morgan fingerprint density at radius 3 is 1.34 bits per heavy atom. The Morgan fingerprint density at radius 2 is 1.03 bits per heavy atom. The SMILES string of the molecule is O=C(c1ccc(S(=O)(=O)c2ccc(C(=O)n3ccnc3)cc2)cc1)n1ccnc1. The third-order valence-electron chi connectivity index (χ3n) is 4.30. The fourth-order valence-corrected chi connectivity index (χ4v) is 4.01. The van der Waals surface area contributed by atoms with Crippen LogP contribution in [0.1, 0.15) is 20.7 Å². The molecule has 9 heteroatoms. The monoisotopic (exact) mass is 406 g/mol. The second-order valence-electron chi connectivity index (χ2n) is 6.10. The summed E-state index contributed by atoms with van der Waals surface area (Å²) in [6.07, 6.45) is 8.74. The lowest BCUT2D eigenvalue weighted by Crippen LogP contribution is -2.11. The number of benzene rings is 2. The topological polar surface area (TPSA) is 104 Å². The van der Waals surface area contributed by atoms with Crippen molar-refractivity contribution in [2.45, 2.75) is 9.79 Å². The molecule has 144 valence electrons.